The first-order valence-electron chi connectivity index (χ1n) is 6.97. The number of nitrogens with one attached hydrogen (secondary N) is 1. The molecule has 0 saturated heterocycles. The molecule has 1 aromatic rings. The van der Waals surface area contributed by atoms with Gasteiger partial charge in [0.1, 0.15) is 12.4 Å². The van der Waals surface area contributed by atoms with Crippen LogP contribution >= 0.6 is 11.6 Å². The number of hydrogen-bond donors (Lipinski definition) is 1. The zero-order chi connectivity index (χ0) is 13.9. The maximum absolute atomic E-state index is 6.18. The normalized spacial score (nSPS) is 10.7. The molecule has 0 radical (unpaired) electrons. The first-order chi connectivity index (χ1) is 9.27. The molecule has 1 rings (SSSR count). The topological polar surface area (TPSA) is 30.5 Å². The highest BCUT2D eigenvalue weighted by atomic mass is 35.5. The molecule has 0 aliphatic rings. The summed E-state index contributed by atoms with van der Waals surface area (Å²) in [5, 5.41) is 3.92. The highest BCUT2D eigenvalue weighted by Crippen LogP contribution is 2.25. The maximum Gasteiger partial charge on any atom is 0.138 e. The fraction of sp³-hybridized carbons (Fsp3) is 0.600. The lowest BCUT2D eigenvalue weighted by Crippen LogP contribution is -2.12. The summed E-state index contributed by atoms with van der Waals surface area (Å²) in [6, 6.07) is 5.89. The SMILES string of the molecule is CCCCOCCOc1ccc(CNCC)cc1Cl. The standard InChI is InChI=1S/C15H24ClNO2/c1-3-5-8-18-9-10-19-15-7-6-13(11-14(15)16)12-17-4-2/h6-7,11,17H,3-5,8-10,12H2,1-2H3. The Balaban J connectivity index is 2.29. The van der Waals surface area contributed by atoms with Gasteiger partial charge in [-0.3, -0.25) is 0 Å². The van der Waals surface area contributed by atoms with Gasteiger partial charge in [-0.25, -0.2) is 0 Å². The summed E-state index contributed by atoms with van der Waals surface area (Å²) in [6.45, 7) is 7.95. The predicted octanol–water partition coefficient (Wildman–Crippen LogP) is 3.65. The maximum atomic E-state index is 6.18. The Morgan fingerprint density at radius 1 is 1.16 bits per heavy atom. The van der Waals surface area contributed by atoms with Gasteiger partial charge in [-0.05, 0) is 30.7 Å². The first-order valence-corrected chi connectivity index (χ1v) is 7.35. The lowest BCUT2D eigenvalue weighted by Gasteiger charge is -2.10. The van der Waals surface area contributed by atoms with Crippen molar-refractivity contribution in [1.29, 1.82) is 0 Å². The zero-order valence-corrected chi connectivity index (χ0v) is 12.6. The van der Waals surface area contributed by atoms with Gasteiger partial charge < -0.3 is 14.8 Å². The van der Waals surface area contributed by atoms with Gasteiger partial charge in [-0.1, -0.05) is 37.9 Å². The smallest absolute Gasteiger partial charge is 0.138 e. The Kier molecular flexibility index (Phi) is 8.63. The molecule has 3 nitrogen and oxygen atoms in total. The van der Waals surface area contributed by atoms with Gasteiger partial charge in [-0.15, -0.1) is 0 Å². The summed E-state index contributed by atoms with van der Waals surface area (Å²) in [5.41, 5.74) is 1.17. The van der Waals surface area contributed by atoms with E-state index in [1.54, 1.807) is 0 Å². The van der Waals surface area contributed by atoms with Crippen molar-refractivity contribution in [1.82, 2.24) is 5.32 Å². The van der Waals surface area contributed by atoms with Crippen LogP contribution in [0.4, 0.5) is 0 Å². The third-order valence-electron chi connectivity index (χ3n) is 2.70. The van der Waals surface area contributed by atoms with Crippen LogP contribution in [-0.2, 0) is 11.3 Å². The van der Waals surface area contributed by atoms with Crippen LogP contribution in [0.5, 0.6) is 5.75 Å². The van der Waals surface area contributed by atoms with E-state index >= 15 is 0 Å². The van der Waals surface area contributed by atoms with Gasteiger partial charge >= 0.3 is 0 Å². The average molecular weight is 286 g/mol. The van der Waals surface area contributed by atoms with Crippen molar-refractivity contribution in [3.63, 3.8) is 0 Å². The van der Waals surface area contributed by atoms with E-state index < -0.39 is 0 Å². The quantitative estimate of drug-likeness (QED) is 0.666. The van der Waals surface area contributed by atoms with Crippen LogP contribution in [0.3, 0.4) is 0 Å². The minimum Gasteiger partial charge on any atom is -0.490 e. The van der Waals surface area contributed by atoms with Crippen LogP contribution in [0.15, 0.2) is 18.2 Å². The molecular formula is C15H24ClNO2. The Morgan fingerprint density at radius 2 is 2.00 bits per heavy atom. The van der Waals surface area contributed by atoms with Crippen LogP contribution in [-0.4, -0.2) is 26.4 Å². The molecule has 0 aromatic heterocycles. The van der Waals surface area contributed by atoms with Crippen LogP contribution in [0.25, 0.3) is 0 Å². The van der Waals surface area contributed by atoms with E-state index in [9.17, 15) is 0 Å². The second-order valence-electron chi connectivity index (χ2n) is 4.36. The average Bonchev–Trinajstić information content (AvgIpc) is 2.42. The van der Waals surface area contributed by atoms with Crippen molar-refractivity contribution in [3.8, 4) is 5.75 Å². The summed E-state index contributed by atoms with van der Waals surface area (Å²) in [4.78, 5) is 0. The van der Waals surface area contributed by atoms with Gasteiger partial charge in [-0.2, -0.15) is 0 Å². The largest absolute Gasteiger partial charge is 0.490 e. The molecule has 0 aliphatic heterocycles. The predicted molar refractivity (Wildman–Crippen MR) is 80.1 cm³/mol. The number of rotatable bonds is 10. The van der Waals surface area contributed by atoms with E-state index in [0.717, 1.165) is 38.3 Å². The molecule has 0 heterocycles. The minimum absolute atomic E-state index is 0.538. The van der Waals surface area contributed by atoms with Crippen molar-refractivity contribution in [2.75, 3.05) is 26.4 Å². The van der Waals surface area contributed by atoms with E-state index in [1.165, 1.54) is 5.56 Å². The van der Waals surface area contributed by atoms with Crippen molar-refractivity contribution < 1.29 is 9.47 Å². The molecule has 1 N–H and O–H groups in total. The molecular weight excluding hydrogens is 262 g/mol. The number of ether oxygens (including phenoxy) is 2. The van der Waals surface area contributed by atoms with Gasteiger partial charge in [0.2, 0.25) is 0 Å². The van der Waals surface area contributed by atoms with E-state index in [2.05, 4.69) is 19.2 Å². The summed E-state index contributed by atoms with van der Waals surface area (Å²) in [6.07, 6.45) is 2.25. The summed E-state index contributed by atoms with van der Waals surface area (Å²) in [5.74, 6) is 0.723. The van der Waals surface area contributed by atoms with Gasteiger partial charge in [0.15, 0.2) is 0 Å². The molecule has 108 valence electrons. The highest BCUT2D eigenvalue weighted by molar-refractivity contribution is 6.32. The van der Waals surface area contributed by atoms with Gasteiger partial charge in [0, 0.05) is 13.2 Å². The van der Waals surface area contributed by atoms with E-state index in [0.29, 0.717) is 18.2 Å². The second-order valence-corrected chi connectivity index (χ2v) is 4.77. The molecule has 0 saturated carbocycles. The van der Waals surface area contributed by atoms with Crippen molar-refractivity contribution in [3.05, 3.63) is 28.8 Å². The van der Waals surface area contributed by atoms with Crippen molar-refractivity contribution in [2.45, 2.75) is 33.2 Å². The Hall–Kier alpha value is -0.770. The zero-order valence-electron chi connectivity index (χ0n) is 11.9. The highest BCUT2D eigenvalue weighted by Gasteiger charge is 2.03. The van der Waals surface area contributed by atoms with Crippen LogP contribution in [0.2, 0.25) is 5.02 Å². The van der Waals surface area contributed by atoms with Crippen LogP contribution in [0, 0.1) is 0 Å². The summed E-state index contributed by atoms with van der Waals surface area (Å²) in [7, 11) is 0. The molecule has 0 spiro atoms. The molecule has 0 amide bonds. The number of benzene rings is 1. The molecule has 0 bridgehead atoms. The third-order valence-corrected chi connectivity index (χ3v) is 3.00. The van der Waals surface area contributed by atoms with Gasteiger partial charge in [0.25, 0.3) is 0 Å². The molecule has 0 unspecified atom stereocenters. The second kappa shape index (κ2) is 10.1. The molecule has 0 aliphatic carbocycles. The number of unbranched alkanes of at least 4 members (excludes halogenated alkanes) is 1. The monoisotopic (exact) mass is 285 g/mol. The number of hydrogen-bond acceptors (Lipinski definition) is 3. The lowest BCUT2D eigenvalue weighted by molar-refractivity contribution is 0.0981. The molecule has 0 atom stereocenters. The Morgan fingerprint density at radius 3 is 2.68 bits per heavy atom. The lowest BCUT2D eigenvalue weighted by atomic mass is 10.2. The summed E-state index contributed by atoms with van der Waals surface area (Å²) >= 11 is 6.18. The fourth-order valence-electron chi connectivity index (χ4n) is 1.60. The van der Waals surface area contributed by atoms with Crippen LogP contribution < -0.4 is 10.1 Å². The van der Waals surface area contributed by atoms with Gasteiger partial charge in [0.05, 0.1) is 11.6 Å². The first kappa shape index (κ1) is 16.3. The van der Waals surface area contributed by atoms with E-state index in [1.807, 2.05) is 18.2 Å². The molecule has 1 aromatic carbocycles. The summed E-state index contributed by atoms with van der Waals surface area (Å²) < 4.78 is 11.0. The third kappa shape index (κ3) is 6.81. The van der Waals surface area contributed by atoms with E-state index in [4.69, 9.17) is 21.1 Å². The van der Waals surface area contributed by atoms with Crippen molar-refractivity contribution >= 4 is 11.6 Å². The molecule has 19 heavy (non-hydrogen) atoms. The fourth-order valence-corrected chi connectivity index (χ4v) is 1.86. The van der Waals surface area contributed by atoms with Crippen LogP contribution in [0.1, 0.15) is 32.3 Å². The van der Waals surface area contributed by atoms with E-state index in [-0.39, 0.29) is 0 Å². The Labute approximate surface area is 121 Å². The number of halogens is 1. The minimum atomic E-state index is 0.538. The molecule has 4 heteroatoms. The Bertz CT molecular complexity index is 358. The molecule has 0 fully saturated rings. The van der Waals surface area contributed by atoms with Crippen molar-refractivity contribution in [2.24, 2.45) is 0 Å².